The van der Waals surface area contributed by atoms with Gasteiger partial charge >= 0.3 is 0 Å². The Balaban J connectivity index is 2.54. The summed E-state index contributed by atoms with van der Waals surface area (Å²) in [6, 6.07) is 3.18. The third kappa shape index (κ3) is 1.15. The minimum atomic E-state index is -0.585. The summed E-state index contributed by atoms with van der Waals surface area (Å²) in [5.74, 6) is -0.809. The summed E-state index contributed by atoms with van der Waals surface area (Å²) >= 11 is 5.60. The molecule has 0 radical (unpaired) electrons. The van der Waals surface area contributed by atoms with Crippen LogP contribution >= 0.6 is 11.6 Å². The maximum absolute atomic E-state index is 11.2. The molecule has 0 saturated carbocycles. The topological polar surface area (TPSA) is 59.3 Å². The van der Waals surface area contributed by atoms with Crippen LogP contribution in [0.1, 0.15) is 5.76 Å². The van der Waals surface area contributed by atoms with Gasteiger partial charge in [0.1, 0.15) is 16.4 Å². The molecule has 0 bridgehead atoms. The summed E-state index contributed by atoms with van der Waals surface area (Å²) in [5, 5.41) is 1.94. The van der Waals surface area contributed by atoms with Crippen molar-refractivity contribution >= 4 is 29.0 Å². The van der Waals surface area contributed by atoms with Crippen molar-refractivity contribution in [2.45, 2.75) is 0 Å². The lowest BCUT2D eigenvalue weighted by molar-refractivity contribution is -0.123. The van der Waals surface area contributed by atoms with Crippen molar-refractivity contribution in [1.29, 1.82) is 0 Å². The summed E-state index contributed by atoms with van der Waals surface area (Å²) in [6.45, 7) is 0. The van der Waals surface area contributed by atoms with Crippen LogP contribution < -0.4 is 5.32 Å². The van der Waals surface area contributed by atoms with Crippen molar-refractivity contribution in [3.8, 4) is 0 Å². The van der Waals surface area contributed by atoms with Crippen molar-refractivity contribution in [1.82, 2.24) is 5.32 Å². The number of nitrogens with one attached hydrogen (secondary N) is 1. The Morgan fingerprint density at radius 1 is 1.31 bits per heavy atom. The van der Waals surface area contributed by atoms with Gasteiger partial charge in [-0.25, -0.2) is 0 Å². The number of carbonyl (C=O) groups is 2. The molecule has 1 N–H and O–H groups in total. The Bertz CT molecular complexity index is 405. The second-order valence-corrected chi connectivity index (χ2v) is 2.83. The highest BCUT2D eigenvalue weighted by molar-refractivity contribution is 6.55. The van der Waals surface area contributed by atoms with Crippen LogP contribution in [0.15, 0.2) is 27.8 Å². The summed E-state index contributed by atoms with van der Waals surface area (Å²) < 4.78 is 4.95. The molecule has 2 amide bonds. The van der Waals surface area contributed by atoms with Crippen LogP contribution in [0.25, 0.3) is 5.57 Å². The van der Waals surface area contributed by atoms with Gasteiger partial charge in [-0.15, -0.1) is 0 Å². The zero-order valence-electron chi connectivity index (χ0n) is 6.33. The van der Waals surface area contributed by atoms with Gasteiger partial charge in [-0.3, -0.25) is 14.9 Å². The van der Waals surface area contributed by atoms with E-state index in [0.29, 0.717) is 5.76 Å². The zero-order chi connectivity index (χ0) is 9.42. The predicted octanol–water partition coefficient (Wildman–Crippen LogP) is 0.886. The number of hydrogen-bond acceptors (Lipinski definition) is 3. The molecule has 0 unspecified atom stereocenters. The Labute approximate surface area is 78.2 Å². The van der Waals surface area contributed by atoms with Crippen LogP contribution in [0.5, 0.6) is 0 Å². The van der Waals surface area contributed by atoms with E-state index in [-0.39, 0.29) is 10.6 Å². The average molecular weight is 198 g/mol. The molecule has 4 nitrogen and oxygen atoms in total. The van der Waals surface area contributed by atoms with Gasteiger partial charge < -0.3 is 4.42 Å². The summed E-state index contributed by atoms with van der Waals surface area (Å²) in [5.41, 5.74) is 0.0941. The summed E-state index contributed by atoms with van der Waals surface area (Å²) in [7, 11) is 0. The second kappa shape index (κ2) is 2.74. The number of hydrogen-bond donors (Lipinski definition) is 1. The van der Waals surface area contributed by atoms with E-state index < -0.39 is 11.8 Å². The van der Waals surface area contributed by atoms with E-state index in [1.165, 1.54) is 6.26 Å². The molecule has 1 aromatic heterocycles. The van der Waals surface area contributed by atoms with Crippen LogP contribution in [-0.4, -0.2) is 11.8 Å². The lowest BCUT2D eigenvalue weighted by Crippen LogP contribution is -2.22. The molecule has 0 spiro atoms. The third-order valence-electron chi connectivity index (χ3n) is 1.64. The number of imide groups is 1. The lowest BCUT2D eigenvalue weighted by Gasteiger charge is -1.92. The normalized spacial score (nSPS) is 16.7. The SMILES string of the molecule is O=C1NC(=O)C(c2ccco2)=C1Cl. The van der Waals surface area contributed by atoms with E-state index in [2.05, 4.69) is 5.32 Å². The van der Waals surface area contributed by atoms with Gasteiger partial charge in [0, 0.05) is 0 Å². The van der Waals surface area contributed by atoms with Crippen molar-refractivity contribution in [2.24, 2.45) is 0 Å². The number of carbonyl (C=O) groups excluding carboxylic acids is 2. The Hall–Kier alpha value is -1.55. The van der Waals surface area contributed by atoms with Gasteiger partial charge in [0.15, 0.2) is 0 Å². The molecule has 2 heterocycles. The molecule has 5 heteroatoms. The molecule has 66 valence electrons. The Morgan fingerprint density at radius 2 is 2.08 bits per heavy atom. The fourth-order valence-corrected chi connectivity index (χ4v) is 1.30. The standard InChI is InChI=1S/C8H4ClNO3/c9-6-5(4-2-1-3-13-4)7(11)10-8(6)12/h1-3H,(H,10,11,12). The molecule has 2 rings (SSSR count). The van der Waals surface area contributed by atoms with E-state index >= 15 is 0 Å². The van der Waals surface area contributed by atoms with Crippen LogP contribution in [0.4, 0.5) is 0 Å². The van der Waals surface area contributed by atoms with Crippen molar-refractivity contribution in [3.63, 3.8) is 0 Å². The number of halogens is 1. The minimum absolute atomic E-state index is 0.0941. The van der Waals surface area contributed by atoms with Crippen molar-refractivity contribution < 1.29 is 14.0 Å². The van der Waals surface area contributed by atoms with Gasteiger partial charge in [0.2, 0.25) is 0 Å². The molecule has 13 heavy (non-hydrogen) atoms. The maximum Gasteiger partial charge on any atom is 0.270 e. The van der Waals surface area contributed by atoms with E-state index in [9.17, 15) is 9.59 Å². The van der Waals surface area contributed by atoms with Crippen LogP contribution in [0.2, 0.25) is 0 Å². The molecule has 0 fully saturated rings. The van der Waals surface area contributed by atoms with E-state index in [1.54, 1.807) is 12.1 Å². The number of rotatable bonds is 1. The molecule has 0 atom stereocenters. The summed E-state index contributed by atoms with van der Waals surface area (Å²) in [6.07, 6.45) is 1.41. The van der Waals surface area contributed by atoms with Gasteiger partial charge in [-0.1, -0.05) is 11.6 Å². The lowest BCUT2D eigenvalue weighted by atomic mass is 10.2. The molecule has 1 aliphatic heterocycles. The highest BCUT2D eigenvalue weighted by Crippen LogP contribution is 2.26. The largest absolute Gasteiger partial charge is 0.464 e. The fourth-order valence-electron chi connectivity index (χ4n) is 1.07. The highest BCUT2D eigenvalue weighted by atomic mass is 35.5. The summed E-state index contributed by atoms with van der Waals surface area (Å²) in [4.78, 5) is 22.1. The van der Waals surface area contributed by atoms with Gasteiger partial charge in [0.05, 0.1) is 6.26 Å². The first-order chi connectivity index (χ1) is 6.20. The molecule has 0 saturated heterocycles. The van der Waals surface area contributed by atoms with Crippen LogP contribution in [0.3, 0.4) is 0 Å². The Kier molecular flexibility index (Phi) is 1.70. The minimum Gasteiger partial charge on any atom is -0.464 e. The average Bonchev–Trinajstić information content (AvgIpc) is 2.63. The quantitative estimate of drug-likeness (QED) is 0.680. The van der Waals surface area contributed by atoms with Crippen molar-refractivity contribution in [3.05, 3.63) is 29.2 Å². The first-order valence-corrected chi connectivity index (χ1v) is 3.87. The fraction of sp³-hybridized carbons (Fsp3) is 0. The number of furan rings is 1. The first kappa shape index (κ1) is 8.07. The highest BCUT2D eigenvalue weighted by Gasteiger charge is 2.31. The monoisotopic (exact) mass is 197 g/mol. The third-order valence-corrected chi connectivity index (χ3v) is 2.00. The van der Waals surface area contributed by atoms with Crippen molar-refractivity contribution in [2.75, 3.05) is 0 Å². The molecular formula is C8H4ClNO3. The van der Waals surface area contributed by atoms with Gasteiger partial charge in [-0.05, 0) is 12.1 Å². The van der Waals surface area contributed by atoms with E-state index in [1.807, 2.05) is 0 Å². The van der Waals surface area contributed by atoms with Crippen LogP contribution in [-0.2, 0) is 9.59 Å². The van der Waals surface area contributed by atoms with Gasteiger partial charge in [0.25, 0.3) is 11.8 Å². The molecule has 1 aliphatic rings. The van der Waals surface area contributed by atoms with Crippen LogP contribution in [0, 0.1) is 0 Å². The molecule has 0 aromatic carbocycles. The van der Waals surface area contributed by atoms with E-state index in [0.717, 1.165) is 0 Å². The number of amides is 2. The molecule has 1 aromatic rings. The Morgan fingerprint density at radius 3 is 2.54 bits per heavy atom. The zero-order valence-corrected chi connectivity index (χ0v) is 7.09. The first-order valence-electron chi connectivity index (χ1n) is 3.49. The van der Waals surface area contributed by atoms with Gasteiger partial charge in [-0.2, -0.15) is 0 Å². The smallest absolute Gasteiger partial charge is 0.270 e. The molecule has 0 aliphatic carbocycles. The second-order valence-electron chi connectivity index (χ2n) is 2.45. The molecular weight excluding hydrogens is 194 g/mol. The van der Waals surface area contributed by atoms with E-state index in [4.69, 9.17) is 16.0 Å². The predicted molar refractivity (Wildman–Crippen MR) is 44.6 cm³/mol. The maximum atomic E-state index is 11.2.